The number of carbonyl (C=O) groups is 2. The number of methoxy groups -OCH3 is 1. The van der Waals surface area contributed by atoms with Gasteiger partial charge in [-0.2, -0.15) is 0 Å². The lowest BCUT2D eigenvalue weighted by molar-refractivity contribution is -0.136. The van der Waals surface area contributed by atoms with Crippen LogP contribution in [0.2, 0.25) is 5.02 Å². The van der Waals surface area contributed by atoms with Crippen LogP contribution in [-0.2, 0) is 14.3 Å². The summed E-state index contributed by atoms with van der Waals surface area (Å²) in [4.78, 5) is 27.7. The Hall–Kier alpha value is -3.68. The number of epoxide rings is 1. The minimum absolute atomic E-state index is 0.00595. The number of nitrogens with one attached hydrogen (secondary N) is 1. The number of hydrogen-bond acceptors (Lipinski definition) is 5. The van der Waals surface area contributed by atoms with E-state index in [9.17, 15) is 14.0 Å². The molecule has 172 valence electrons. The van der Waals surface area contributed by atoms with Crippen molar-refractivity contribution in [1.82, 2.24) is 5.32 Å². The molecule has 0 saturated carbocycles. The van der Waals surface area contributed by atoms with Crippen LogP contribution in [0.5, 0.6) is 0 Å². The van der Waals surface area contributed by atoms with Crippen LogP contribution in [0.25, 0.3) is 0 Å². The van der Waals surface area contributed by atoms with Gasteiger partial charge in [0, 0.05) is 34.0 Å². The van der Waals surface area contributed by atoms with Gasteiger partial charge in [0.2, 0.25) is 0 Å². The molecule has 5 rings (SSSR count). The standard InChI is InChI=1S/C26H20ClFN2O4/c1-33-26(32)22-20(14-29-25(31)15-6-5-7-17(28)12-15)24-23(34-24)19-11-10-16(27)13-21(19)30(22)18-8-3-2-4-9-18/h2-13,23-24H,14H2,1H3,(H,29,31). The van der Waals surface area contributed by atoms with Gasteiger partial charge in [0.1, 0.15) is 23.7 Å². The molecule has 0 aromatic heterocycles. The predicted molar refractivity (Wildman–Crippen MR) is 125 cm³/mol. The lowest BCUT2D eigenvalue weighted by Crippen LogP contribution is -2.32. The van der Waals surface area contributed by atoms with Crippen molar-refractivity contribution in [1.29, 1.82) is 0 Å². The molecule has 1 fully saturated rings. The zero-order chi connectivity index (χ0) is 23.8. The van der Waals surface area contributed by atoms with Crippen molar-refractivity contribution in [2.45, 2.75) is 12.2 Å². The first kappa shape index (κ1) is 22.1. The summed E-state index contributed by atoms with van der Waals surface area (Å²) in [5.74, 6) is -1.56. The number of para-hydroxylation sites is 1. The maximum atomic E-state index is 13.6. The third kappa shape index (κ3) is 4.04. The topological polar surface area (TPSA) is 71.2 Å². The Morgan fingerprint density at radius 1 is 1.06 bits per heavy atom. The first-order valence-electron chi connectivity index (χ1n) is 10.6. The third-order valence-corrected chi connectivity index (χ3v) is 6.06. The third-order valence-electron chi connectivity index (χ3n) is 5.82. The molecule has 0 spiro atoms. The molecule has 1 saturated heterocycles. The summed E-state index contributed by atoms with van der Waals surface area (Å²) >= 11 is 6.34. The maximum Gasteiger partial charge on any atom is 0.355 e. The Labute approximate surface area is 200 Å². The number of halogens is 2. The van der Waals surface area contributed by atoms with Gasteiger partial charge in [-0.15, -0.1) is 0 Å². The summed E-state index contributed by atoms with van der Waals surface area (Å²) in [6.45, 7) is 0.00595. The molecule has 2 heterocycles. The highest BCUT2D eigenvalue weighted by atomic mass is 35.5. The van der Waals surface area contributed by atoms with Crippen molar-refractivity contribution >= 4 is 34.9 Å². The van der Waals surface area contributed by atoms with Crippen molar-refractivity contribution in [3.63, 3.8) is 0 Å². The Morgan fingerprint density at radius 2 is 1.85 bits per heavy atom. The number of carbonyl (C=O) groups excluding carboxylic acids is 2. The molecule has 2 unspecified atom stereocenters. The molecular weight excluding hydrogens is 459 g/mol. The van der Waals surface area contributed by atoms with Crippen LogP contribution < -0.4 is 10.2 Å². The molecule has 0 aliphatic carbocycles. The molecule has 8 heteroatoms. The highest BCUT2D eigenvalue weighted by Crippen LogP contribution is 2.53. The minimum Gasteiger partial charge on any atom is -0.464 e. The number of fused-ring (bicyclic) bond motifs is 3. The van der Waals surface area contributed by atoms with Gasteiger partial charge >= 0.3 is 5.97 Å². The van der Waals surface area contributed by atoms with Gasteiger partial charge in [0.25, 0.3) is 5.91 Å². The van der Waals surface area contributed by atoms with Crippen LogP contribution in [0.1, 0.15) is 22.0 Å². The van der Waals surface area contributed by atoms with Gasteiger partial charge in [-0.3, -0.25) is 4.79 Å². The zero-order valence-corrected chi connectivity index (χ0v) is 18.9. The van der Waals surface area contributed by atoms with Gasteiger partial charge in [-0.05, 0) is 42.5 Å². The number of nitrogens with zero attached hydrogens (tertiary/aromatic N) is 1. The maximum absolute atomic E-state index is 13.6. The van der Waals surface area contributed by atoms with E-state index in [4.69, 9.17) is 21.1 Å². The molecule has 34 heavy (non-hydrogen) atoms. The summed E-state index contributed by atoms with van der Waals surface area (Å²) < 4.78 is 24.7. The average Bonchev–Trinajstić information content (AvgIpc) is 3.64. The van der Waals surface area contributed by atoms with E-state index < -0.39 is 23.8 Å². The van der Waals surface area contributed by atoms with E-state index in [1.165, 1.54) is 25.3 Å². The van der Waals surface area contributed by atoms with E-state index in [-0.39, 0.29) is 23.9 Å². The van der Waals surface area contributed by atoms with Gasteiger partial charge in [-0.25, -0.2) is 9.18 Å². The lowest BCUT2D eigenvalue weighted by Gasteiger charge is -2.29. The highest BCUT2D eigenvalue weighted by molar-refractivity contribution is 6.31. The summed E-state index contributed by atoms with van der Waals surface area (Å²) in [5.41, 5.74) is 3.25. The second-order valence-corrected chi connectivity index (χ2v) is 8.35. The fourth-order valence-corrected chi connectivity index (χ4v) is 4.39. The van der Waals surface area contributed by atoms with E-state index in [2.05, 4.69) is 5.32 Å². The Morgan fingerprint density at radius 3 is 2.59 bits per heavy atom. The molecule has 0 bridgehead atoms. The van der Waals surface area contributed by atoms with E-state index in [0.717, 1.165) is 17.3 Å². The SMILES string of the molecule is COC(=O)C1=C(CNC(=O)c2cccc(F)c2)C2OC2c2ccc(Cl)cc2N1c1ccccc1. The summed E-state index contributed by atoms with van der Waals surface area (Å²) in [6.07, 6.45) is -0.739. The number of benzene rings is 3. The molecule has 0 radical (unpaired) electrons. The fourth-order valence-electron chi connectivity index (χ4n) is 4.22. The smallest absolute Gasteiger partial charge is 0.355 e. The first-order valence-corrected chi connectivity index (χ1v) is 11.0. The second-order valence-electron chi connectivity index (χ2n) is 7.91. The second kappa shape index (κ2) is 8.93. The predicted octanol–water partition coefficient (Wildman–Crippen LogP) is 4.93. The Kier molecular flexibility index (Phi) is 5.81. The van der Waals surface area contributed by atoms with Crippen molar-refractivity contribution in [2.24, 2.45) is 0 Å². The molecule has 3 aromatic rings. The van der Waals surface area contributed by atoms with Crippen molar-refractivity contribution < 1.29 is 23.5 Å². The van der Waals surface area contributed by atoms with E-state index in [0.29, 0.717) is 16.3 Å². The largest absolute Gasteiger partial charge is 0.464 e. The summed E-state index contributed by atoms with van der Waals surface area (Å²) in [5, 5.41) is 3.30. The van der Waals surface area contributed by atoms with Crippen molar-refractivity contribution in [3.8, 4) is 0 Å². The minimum atomic E-state index is -0.582. The highest BCUT2D eigenvalue weighted by Gasteiger charge is 2.50. The van der Waals surface area contributed by atoms with Gasteiger partial charge in [-0.1, -0.05) is 41.9 Å². The van der Waals surface area contributed by atoms with Gasteiger partial charge < -0.3 is 19.7 Å². The number of rotatable bonds is 5. The first-order chi connectivity index (χ1) is 16.5. The number of hydrogen-bond donors (Lipinski definition) is 1. The van der Waals surface area contributed by atoms with Crippen LogP contribution in [-0.4, -0.2) is 31.6 Å². The van der Waals surface area contributed by atoms with Crippen LogP contribution in [0.3, 0.4) is 0 Å². The Balaban J connectivity index is 1.61. The number of anilines is 2. The summed E-state index contributed by atoms with van der Waals surface area (Å²) in [6, 6.07) is 20.2. The van der Waals surface area contributed by atoms with Gasteiger partial charge in [0.05, 0.1) is 12.8 Å². The molecule has 2 aliphatic rings. The molecule has 6 nitrogen and oxygen atoms in total. The molecule has 1 N–H and O–H groups in total. The normalized spacial score (nSPS) is 18.5. The lowest BCUT2D eigenvalue weighted by atomic mass is 10.0. The quantitative estimate of drug-likeness (QED) is 0.416. The molecular formula is C26H20ClFN2O4. The molecule has 2 atom stereocenters. The van der Waals surface area contributed by atoms with E-state index in [1.807, 2.05) is 36.4 Å². The number of amides is 1. The monoisotopic (exact) mass is 478 g/mol. The van der Waals surface area contributed by atoms with Crippen molar-refractivity contribution in [3.05, 3.63) is 106 Å². The van der Waals surface area contributed by atoms with Crippen LogP contribution in [0.4, 0.5) is 15.8 Å². The molecule has 2 aliphatic heterocycles. The van der Waals surface area contributed by atoms with Crippen LogP contribution in [0, 0.1) is 5.82 Å². The van der Waals surface area contributed by atoms with Crippen molar-refractivity contribution in [2.75, 3.05) is 18.6 Å². The average molecular weight is 479 g/mol. The van der Waals surface area contributed by atoms with Crippen LogP contribution >= 0.6 is 11.6 Å². The Bertz CT molecular complexity index is 1310. The van der Waals surface area contributed by atoms with E-state index >= 15 is 0 Å². The molecule has 3 aromatic carbocycles. The van der Waals surface area contributed by atoms with Gasteiger partial charge in [0.15, 0.2) is 0 Å². The van der Waals surface area contributed by atoms with Crippen LogP contribution in [0.15, 0.2) is 84.1 Å². The summed E-state index contributed by atoms with van der Waals surface area (Å²) in [7, 11) is 1.30. The number of ether oxygens (including phenoxy) is 2. The molecule has 1 amide bonds. The van der Waals surface area contributed by atoms with E-state index in [1.54, 1.807) is 17.0 Å². The zero-order valence-electron chi connectivity index (χ0n) is 18.1. The fraction of sp³-hybridized carbons (Fsp3) is 0.154. The number of esters is 1.